The van der Waals surface area contributed by atoms with Crippen molar-refractivity contribution in [1.82, 2.24) is 29.8 Å². The number of fused-ring (bicyclic) bond motifs is 1. The highest BCUT2D eigenvalue weighted by Crippen LogP contribution is 2.37. The lowest BCUT2D eigenvalue weighted by atomic mass is 10.0. The Labute approximate surface area is 185 Å². The summed E-state index contributed by atoms with van der Waals surface area (Å²) < 4.78 is 42.5. The summed E-state index contributed by atoms with van der Waals surface area (Å²) in [5, 5.41) is 9.44. The number of halogens is 4. The molecule has 11 heteroatoms. The fourth-order valence-electron chi connectivity index (χ4n) is 4.03. The van der Waals surface area contributed by atoms with Crippen molar-refractivity contribution < 1.29 is 18.0 Å². The third kappa shape index (κ3) is 3.59. The van der Waals surface area contributed by atoms with E-state index in [0.717, 1.165) is 35.6 Å². The minimum Gasteiger partial charge on any atom is -0.329 e. The molecule has 0 spiro atoms. The zero-order valence-electron chi connectivity index (χ0n) is 16.7. The van der Waals surface area contributed by atoms with Crippen LogP contribution in [0.4, 0.5) is 13.2 Å². The molecule has 2 N–H and O–H groups in total. The van der Waals surface area contributed by atoms with Crippen LogP contribution in [0.5, 0.6) is 0 Å². The normalized spacial score (nSPS) is 17.1. The van der Waals surface area contributed by atoms with Crippen molar-refractivity contribution >= 4 is 23.2 Å². The maximum atomic E-state index is 13.8. The molecule has 3 aromatic heterocycles. The second-order valence-electron chi connectivity index (χ2n) is 7.67. The number of amides is 1. The van der Waals surface area contributed by atoms with Crippen LogP contribution in [0.2, 0.25) is 5.15 Å². The molecular weight excluding hydrogens is 445 g/mol. The topological polar surface area (TPSA) is 78.3 Å². The van der Waals surface area contributed by atoms with Crippen LogP contribution in [0, 0.1) is 0 Å². The van der Waals surface area contributed by atoms with Crippen molar-refractivity contribution in [2.45, 2.75) is 12.6 Å². The molecule has 0 unspecified atom stereocenters. The predicted molar refractivity (Wildman–Crippen MR) is 112 cm³/mol. The first-order valence-corrected chi connectivity index (χ1v) is 10.4. The van der Waals surface area contributed by atoms with Gasteiger partial charge in [0.15, 0.2) is 11.3 Å². The van der Waals surface area contributed by atoms with Crippen LogP contribution in [0.3, 0.4) is 0 Å². The first kappa shape index (κ1) is 20.8. The molecule has 3 aromatic rings. The number of nitrogens with zero attached hydrogens (tertiary/aromatic N) is 4. The van der Waals surface area contributed by atoms with Gasteiger partial charge in [0.1, 0.15) is 5.15 Å². The highest BCUT2D eigenvalue weighted by Gasteiger charge is 2.37. The van der Waals surface area contributed by atoms with Gasteiger partial charge in [-0.3, -0.25) is 14.3 Å². The number of carbonyl (C=O) groups is 1. The van der Waals surface area contributed by atoms with E-state index < -0.39 is 23.3 Å². The Balaban J connectivity index is 1.52. The number of rotatable bonds is 3. The number of H-pyrrole nitrogens is 1. The Kier molecular flexibility index (Phi) is 5.06. The summed E-state index contributed by atoms with van der Waals surface area (Å²) in [6.07, 6.45) is 4.56. The number of aromatic nitrogens is 4. The number of imidazole rings is 1. The summed E-state index contributed by atoms with van der Waals surface area (Å²) in [4.78, 5) is 18.7. The average Bonchev–Trinajstić information content (AvgIpc) is 3.53. The van der Waals surface area contributed by atoms with E-state index in [1.54, 1.807) is 0 Å². The van der Waals surface area contributed by atoms with E-state index >= 15 is 0 Å². The second-order valence-corrected chi connectivity index (χ2v) is 8.03. The van der Waals surface area contributed by atoms with Crippen LogP contribution in [0.15, 0.2) is 48.0 Å². The molecule has 0 saturated heterocycles. The van der Waals surface area contributed by atoms with Crippen LogP contribution >= 0.6 is 11.6 Å². The van der Waals surface area contributed by atoms with Gasteiger partial charge in [-0.15, -0.1) is 0 Å². The van der Waals surface area contributed by atoms with Crippen LogP contribution in [0.1, 0.15) is 22.5 Å². The summed E-state index contributed by atoms with van der Waals surface area (Å²) in [5.41, 5.74) is 1.36. The molecule has 2 aliphatic rings. The minimum absolute atomic E-state index is 0.157. The standard InChI is InChI=1S/C21H18ClF3N6O/c22-18-17(20(32)30-6-3-13(10-30)12-1-4-26-5-2-12)29-19-16(21(23,24)25)7-14(11-31(18)19)15-8-27-28-9-15/h1,3,7-9,11,26H,2,4-6,10H2,(H,27,28). The monoisotopic (exact) mass is 462 g/mol. The van der Waals surface area contributed by atoms with Crippen molar-refractivity contribution in [3.8, 4) is 11.1 Å². The zero-order valence-corrected chi connectivity index (χ0v) is 17.5. The van der Waals surface area contributed by atoms with E-state index in [4.69, 9.17) is 11.6 Å². The smallest absolute Gasteiger partial charge is 0.329 e. The number of alkyl halides is 3. The molecule has 0 fully saturated rings. The van der Waals surface area contributed by atoms with E-state index in [0.29, 0.717) is 18.7 Å². The van der Waals surface area contributed by atoms with E-state index in [9.17, 15) is 18.0 Å². The van der Waals surface area contributed by atoms with Gasteiger partial charge in [-0.2, -0.15) is 18.3 Å². The summed E-state index contributed by atoms with van der Waals surface area (Å²) >= 11 is 6.40. The molecule has 5 rings (SSSR count). The first-order valence-electron chi connectivity index (χ1n) is 9.99. The number of hydrogen-bond acceptors (Lipinski definition) is 4. The summed E-state index contributed by atoms with van der Waals surface area (Å²) in [6.45, 7) is 2.38. The molecule has 0 aliphatic carbocycles. The Morgan fingerprint density at radius 1 is 1.19 bits per heavy atom. The highest BCUT2D eigenvalue weighted by molar-refractivity contribution is 6.33. The Bertz CT molecular complexity index is 1260. The Morgan fingerprint density at radius 2 is 2.03 bits per heavy atom. The molecule has 0 radical (unpaired) electrons. The number of carbonyl (C=O) groups excluding carboxylic acids is 1. The molecule has 166 valence electrons. The largest absolute Gasteiger partial charge is 0.420 e. The van der Waals surface area contributed by atoms with Crippen LogP contribution < -0.4 is 5.32 Å². The second kappa shape index (κ2) is 7.79. The van der Waals surface area contributed by atoms with E-state index in [-0.39, 0.29) is 16.4 Å². The van der Waals surface area contributed by atoms with E-state index in [1.807, 2.05) is 6.08 Å². The molecular formula is C21H18ClF3N6O. The van der Waals surface area contributed by atoms with Crippen LogP contribution in [-0.4, -0.2) is 56.6 Å². The Hall–Kier alpha value is -3.11. The van der Waals surface area contributed by atoms with Gasteiger partial charge in [0.05, 0.1) is 11.8 Å². The van der Waals surface area contributed by atoms with Crippen molar-refractivity contribution in [3.05, 3.63) is 64.4 Å². The quantitative estimate of drug-likeness (QED) is 0.622. The lowest BCUT2D eigenvalue weighted by molar-refractivity contribution is -0.136. The molecule has 1 amide bonds. The fourth-order valence-corrected chi connectivity index (χ4v) is 4.29. The fraction of sp³-hybridized carbons (Fsp3) is 0.286. The van der Waals surface area contributed by atoms with Gasteiger partial charge in [-0.25, -0.2) is 4.98 Å². The summed E-state index contributed by atoms with van der Waals surface area (Å²) in [6, 6.07) is 0.983. The van der Waals surface area contributed by atoms with Gasteiger partial charge in [0, 0.05) is 43.2 Å². The van der Waals surface area contributed by atoms with Crippen molar-refractivity contribution in [2.24, 2.45) is 0 Å². The van der Waals surface area contributed by atoms with Gasteiger partial charge >= 0.3 is 6.18 Å². The molecule has 7 nitrogen and oxygen atoms in total. The maximum Gasteiger partial charge on any atom is 0.420 e. The molecule has 2 aliphatic heterocycles. The highest BCUT2D eigenvalue weighted by atomic mass is 35.5. The molecule has 0 saturated carbocycles. The van der Waals surface area contributed by atoms with Crippen molar-refractivity contribution in [3.63, 3.8) is 0 Å². The molecule has 0 atom stereocenters. The predicted octanol–water partition coefficient (Wildman–Crippen LogP) is 3.70. The Morgan fingerprint density at radius 3 is 2.72 bits per heavy atom. The number of nitrogens with one attached hydrogen (secondary N) is 2. The third-order valence-electron chi connectivity index (χ3n) is 5.68. The maximum absolute atomic E-state index is 13.8. The van der Waals surface area contributed by atoms with E-state index in [1.165, 1.54) is 29.1 Å². The average molecular weight is 463 g/mol. The first-order chi connectivity index (χ1) is 15.3. The van der Waals surface area contributed by atoms with Gasteiger partial charge in [0.25, 0.3) is 5.91 Å². The number of hydrogen-bond donors (Lipinski definition) is 2. The lowest BCUT2D eigenvalue weighted by Crippen LogP contribution is -2.30. The SMILES string of the molecule is O=C(c1nc2c(C(F)(F)F)cc(-c3cn[nH]c3)cn2c1Cl)N1CC=C(C2=CCNCC2)C1. The summed E-state index contributed by atoms with van der Waals surface area (Å²) in [7, 11) is 0. The van der Waals surface area contributed by atoms with Gasteiger partial charge in [-0.1, -0.05) is 23.8 Å². The number of pyridine rings is 1. The molecule has 32 heavy (non-hydrogen) atoms. The van der Waals surface area contributed by atoms with Crippen molar-refractivity contribution in [2.75, 3.05) is 26.2 Å². The zero-order chi connectivity index (χ0) is 22.5. The number of aromatic amines is 1. The third-order valence-corrected chi connectivity index (χ3v) is 6.05. The van der Waals surface area contributed by atoms with Gasteiger partial charge in [-0.05, 0) is 30.2 Å². The molecule has 0 bridgehead atoms. The van der Waals surface area contributed by atoms with Gasteiger partial charge < -0.3 is 10.2 Å². The molecule has 0 aromatic carbocycles. The van der Waals surface area contributed by atoms with Gasteiger partial charge in [0.2, 0.25) is 0 Å². The van der Waals surface area contributed by atoms with Crippen molar-refractivity contribution in [1.29, 1.82) is 0 Å². The minimum atomic E-state index is -4.68. The van der Waals surface area contributed by atoms with E-state index in [2.05, 4.69) is 26.6 Å². The molecule has 5 heterocycles. The van der Waals surface area contributed by atoms with Crippen LogP contribution in [0.25, 0.3) is 16.8 Å². The lowest BCUT2D eigenvalue weighted by Gasteiger charge is -2.18. The van der Waals surface area contributed by atoms with Crippen LogP contribution in [-0.2, 0) is 6.18 Å². The summed E-state index contributed by atoms with van der Waals surface area (Å²) in [5.74, 6) is -0.502.